The monoisotopic (exact) mass is 356 g/mol. The minimum Gasteiger partial charge on any atom is -0.481 e. The lowest BCUT2D eigenvalue weighted by atomic mass is 9.81. The Kier molecular flexibility index (Phi) is 3.87. The number of nitrogens with zero attached hydrogens (tertiary/aromatic N) is 2. The van der Waals surface area contributed by atoms with Crippen molar-refractivity contribution < 1.29 is 14.7 Å². The molecule has 5 nitrogen and oxygen atoms in total. The smallest absolute Gasteiger partial charge is 0.311 e. The molecule has 0 unspecified atom stereocenters. The Bertz CT molecular complexity index is 847. The molecule has 6 heteroatoms. The molecule has 0 spiro atoms. The van der Waals surface area contributed by atoms with E-state index in [1.165, 1.54) is 11.3 Å². The van der Waals surface area contributed by atoms with Crippen LogP contribution in [0.4, 0.5) is 0 Å². The van der Waals surface area contributed by atoms with E-state index >= 15 is 0 Å². The van der Waals surface area contributed by atoms with Crippen molar-refractivity contribution in [3.05, 3.63) is 40.9 Å². The van der Waals surface area contributed by atoms with Gasteiger partial charge in [0.2, 0.25) is 0 Å². The molecular weight excluding hydrogens is 336 g/mol. The summed E-state index contributed by atoms with van der Waals surface area (Å²) >= 11 is 1.46. The van der Waals surface area contributed by atoms with Crippen LogP contribution in [0.3, 0.4) is 0 Å². The molecule has 0 bridgehead atoms. The first-order chi connectivity index (χ1) is 12.0. The maximum Gasteiger partial charge on any atom is 0.311 e. The number of fused-ring (bicyclic) bond motifs is 1. The number of carbonyl (C=O) groups is 2. The van der Waals surface area contributed by atoms with E-state index in [2.05, 4.69) is 4.98 Å². The second-order valence-electron chi connectivity index (χ2n) is 7.09. The summed E-state index contributed by atoms with van der Waals surface area (Å²) in [6.45, 7) is 2.86. The average Bonchev–Trinajstić information content (AvgIpc) is 3.28. The van der Waals surface area contributed by atoms with Gasteiger partial charge in [0.15, 0.2) is 0 Å². The van der Waals surface area contributed by atoms with E-state index in [1.807, 2.05) is 31.2 Å². The molecule has 1 amide bonds. The van der Waals surface area contributed by atoms with E-state index in [-0.39, 0.29) is 11.8 Å². The number of thiazole rings is 1. The maximum absolute atomic E-state index is 12.8. The molecule has 2 atom stereocenters. The topological polar surface area (TPSA) is 70.5 Å². The van der Waals surface area contributed by atoms with Crippen molar-refractivity contribution in [3.8, 4) is 10.6 Å². The average molecular weight is 356 g/mol. The Morgan fingerprint density at radius 3 is 2.88 bits per heavy atom. The second-order valence-corrected chi connectivity index (χ2v) is 7.95. The molecule has 130 valence electrons. The zero-order chi connectivity index (χ0) is 17.6. The molecule has 1 N–H and O–H groups in total. The number of rotatable bonds is 3. The predicted octanol–water partition coefficient (Wildman–Crippen LogP) is 3.45. The molecule has 1 saturated heterocycles. The van der Waals surface area contributed by atoms with Gasteiger partial charge in [0, 0.05) is 24.0 Å². The fraction of sp³-hybridized carbons (Fsp3) is 0.421. The number of aliphatic carboxylic acids is 1. The van der Waals surface area contributed by atoms with Crippen molar-refractivity contribution in [3.63, 3.8) is 0 Å². The number of carboxylic acid groups (broad SMARTS) is 1. The van der Waals surface area contributed by atoms with Gasteiger partial charge in [0.05, 0.1) is 5.41 Å². The van der Waals surface area contributed by atoms with Crippen molar-refractivity contribution in [1.29, 1.82) is 0 Å². The highest BCUT2D eigenvalue weighted by Crippen LogP contribution is 2.49. The number of amides is 1. The fourth-order valence-corrected chi connectivity index (χ4v) is 5.15. The van der Waals surface area contributed by atoms with Crippen molar-refractivity contribution in [2.24, 2.45) is 11.3 Å². The van der Waals surface area contributed by atoms with Gasteiger partial charge in [-0.05, 0) is 31.2 Å². The number of benzene rings is 1. The molecule has 25 heavy (non-hydrogen) atoms. The van der Waals surface area contributed by atoms with Crippen LogP contribution in [0, 0.1) is 18.3 Å². The van der Waals surface area contributed by atoms with E-state index in [0.717, 1.165) is 29.0 Å². The third-order valence-corrected chi connectivity index (χ3v) is 6.56. The standard InChI is InChI=1S/C19H20N2O3S/c1-12-5-2-3-7-14(12)16-20-15(10-25-16)17(22)21-9-13-6-4-8-19(13,11-21)18(23)24/h2-3,5,7,10,13H,4,6,8-9,11H2,1H3,(H,23,24)/t13-,19+/m0/s1. The van der Waals surface area contributed by atoms with Gasteiger partial charge in [-0.15, -0.1) is 11.3 Å². The zero-order valence-corrected chi connectivity index (χ0v) is 14.9. The highest BCUT2D eigenvalue weighted by atomic mass is 32.1. The summed E-state index contributed by atoms with van der Waals surface area (Å²) in [7, 11) is 0. The number of carbonyl (C=O) groups excluding carboxylic acids is 1. The van der Waals surface area contributed by atoms with Crippen LogP contribution in [0.2, 0.25) is 0 Å². The third kappa shape index (κ3) is 2.56. The Morgan fingerprint density at radius 2 is 2.16 bits per heavy atom. The van der Waals surface area contributed by atoms with Crippen molar-refractivity contribution in [2.45, 2.75) is 26.2 Å². The summed E-state index contributed by atoms with van der Waals surface area (Å²) in [5.74, 6) is -0.835. The largest absolute Gasteiger partial charge is 0.481 e. The van der Waals surface area contributed by atoms with Gasteiger partial charge in [-0.3, -0.25) is 9.59 Å². The molecule has 4 rings (SSSR count). The highest BCUT2D eigenvalue weighted by molar-refractivity contribution is 7.13. The number of aromatic nitrogens is 1. The first-order valence-corrected chi connectivity index (χ1v) is 9.43. The summed E-state index contributed by atoms with van der Waals surface area (Å²) in [6.07, 6.45) is 2.50. The van der Waals surface area contributed by atoms with Crippen LogP contribution in [-0.4, -0.2) is 40.0 Å². The van der Waals surface area contributed by atoms with Gasteiger partial charge < -0.3 is 10.0 Å². The molecule has 0 radical (unpaired) electrons. The highest BCUT2D eigenvalue weighted by Gasteiger charge is 2.55. The van der Waals surface area contributed by atoms with Crippen LogP contribution < -0.4 is 0 Å². The molecule has 1 aromatic carbocycles. The Hall–Kier alpha value is -2.21. The first kappa shape index (κ1) is 16.3. The van der Waals surface area contributed by atoms with Gasteiger partial charge in [-0.1, -0.05) is 30.7 Å². The molecule has 1 saturated carbocycles. The Morgan fingerprint density at radius 1 is 1.36 bits per heavy atom. The third-order valence-electron chi connectivity index (χ3n) is 5.68. The van der Waals surface area contributed by atoms with Gasteiger partial charge in [0.1, 0.15) is 10.7 Å². The molecule has 2 aliphatic rings. The number of carboxylic acids is 1. The molecule has 1 aliphatic heterocycles. The Labute approximate surface area is 150 Å². The van der Waals surface area contributed by atoms with Crippen LogP contribution in [0.5, 0.6) is 0 Å². The number of hydrogen-bond acceptors (Lipinski definition) is 4. The van der Waals surface area contributed by atoms with Gasteiger partial charge >= 0.3 is 5.97 Å². The van der Waals surface area contributed by atoms with Gasteiger partial charge in [0.25, 0.3) is 5.91 Å². The first-order valence-electron chi connectivity index (χ1n) is 8.55. The number of likely N-dealkylation sites (tertiary alicyclic amines) is 1. The SMILES string of the molecule is Cc1ccccc1-c1nc(C(=O)N2C[C@@H]3CCC[C@@]3(C(=O)O)C2)cs1. The van der Waals surface area contributed by atoms with Crippen LogP contribution >= 0.6 is 11.3 Å². The fourth-order valence-electron chi connectivity index (χ4n) is 4.26. The van der Waals surface area contributed by atoms with Crippen LogP contribution in [0.1, 0.15) is 35.3 Å². The minimum atomic E-state index is -0.760. The van der Waals surface area contributed by atoms with E-state index in [9.17, 15) is 14.7 Å². The molecule has 2 fully saturated rings. The summed E-state index contributed by atoms with van der Waals surface area (Å²) in [6, 6.07) is 7.97. The molecule has 2 heterocycles. The summed E-state index contributed by atoms with van der Waals surface area (Å²) < 4.78 is 0. The second kappa shape index (κ2) is 5.95. The normalized spacial score (nSPS) is 25.2. The van der Waals surface area contributed by atoms with E-state index < -0.39 is 11.4 Å². The van der Waals surface area contributed by atoms with Crippen molar-refractivity contribution in [1.82, 2.24) is 9.88 Å². The zero-order valence-electron chi connectivity index (χ0n) is 14.1. The van der Waals surface area contributed by atoms with Crippen LogP contribution in [-0.2, 0) is 4.79 Å². The van der Waals surface area contributed by atoms with Gasteiger partial charge in [-0.2, -0.15) is 0 Å². The lowest BCUT2D eigenvalue weighted by Gasteiger charge is -2.23. The minimum absolute atomic E-state index is 0.0726. The lowest BCUT2D eigenvalue weighted by Crippen LogP contribution is -2.37. The van der Waals surface area contributed by atoms with Crippen LogP contribution in [0.25, 0.3) is 10.6 Å². The molecule has 1 aromatic heterocycles. The molecule has 2 aromatic rings. The van der Waals surface area contributed by atoms with Crippen LogP contribution in [0.15, 0.2) is 29.6 Å². The quantitative estimate of drug-likeness (QED) is 0.914. The van der Waals surface area contributed by atoms with E-state index in [4.69, 9.17) is 0 Å². The summed E-state index contributed by atoms with van der Waals surface area (Å²) in [4.78, 5) is 30.9. The predicted molar refractivity (Wildman–Crippen MR) is 95.6 cm³/mol. The maximum atomic E-state index is 12.8. The summed E-state index contributed by atoms with van der Waals surface area (Å²) in [5.41, 5.74) is 1.83. The van der Waals surface area contributed by atoms with Crippen molar-refractivity contribution in [2.75, 3.05) is 13.1 Å². The molecule has 1 aliphatic carbocycles. The lowest BCUT2D eigenvalue weighted by molar-refractivity contribution is -0.149. The van der Waals surface area contributed by atoms with E-state index in [1.54, 1.807) is 10.3 Å². The number of aryl methyl sites for hydroxylation is 1. The Balaban J connectivity index is 1.57. The molecular formula is C19H20N2O3S. The van der Waals surface area contributed by atoms with Gasteiger partial charge in [-0.25, -0.2) is 4.98 Å². The summed E-state index contributed by atoms with van der Waals surface area (Å²) in [5, 5.41) is 12.3. The number of hydrogen-bond donors (Lipinski definition) is 1. The van der Waals surface area contributed by atoms with Crippen molar-refractivity contribution >= 4 is 23.2 Å². The van der Waals surface area contributed by atoms with E-state index in [0.29, 0.717) is 25.2 Å².